The lowest BCUT2D eigenvalue weighted by Crippen LogP contribution is -2.41. The highest BCUT2D eigenvalue weighted by atomic mass is 35.5. The van der Waals surface area contributed by atoms with Gasteiger partial charge >= 0.3 is 6.03 Å². The van der Waals surface area contributed by atoms with Gasteiger partial charge in [-0.25, -0.2) is 4.79 Å². The van der Waals surface area contributed by atoms with E-state index in [0.29, 0.717) is 9.21 Å². The quantitative estimate of drug-likeness (QED) is 0.800. The predicted octanol–water partition coefficient (Wildman–Crippen LogP) is 0.654. The van der Waals surface area contributed by atoms with Crippen LogP contribution in [0.2, 0.25) is 4.34 Å². The van der Waals surface area contributed by atoms with Crippen LogP contribution in [0.25, 0.3) is 0 Å². The van der Waals surface area contributed by atoms with E-state index in [1.807, 2.05) is 0 Å². The molecule has 0 saturated carbocycles. The fraction of sp³-hybridized carbons (Fsp3) is 0.300. The van der Waals surface area contributed by atoms with E-state index in [0.717, 1.165) is 4.90 Å². The molecule has 3 N–H and O–H groups in total. The number of nitrogens with zero attached hydrogens (tertiary/aromatic N) is 1. The van der Waals surface area contributed by atoms with E-state index in [1.54, 1.807) is 19.1 Å². The molecule has 8 heteroatoms. The normalized spacial score (nSPS) is 23.3. The van der Waals surface area contributed by atoms with Crippen LogP contribution in [0.1, 0.15) is 11.8 Å². The Morgan fingerprint density at radius 1 is 1.56 bits per heavy atom. The average Bonchev–Trinajstić information content (AvgIpc) is 2.78. The van der Waals surface area contributed by atoms with Crippen molar-refractivity contribution in [1.82, 2.24) is 10.2 Å². The van der Waals surface area contributed by atoms with Gasteiger partial charge in [0, 0.05) is 4.88 Å². The first-order valence-corrected chi connectivity index (χ1v) is 6.22. The van der Waals surface area contributed by atoms with Gasteiger partial charge in [-0.05, 0) is 19.1 Å². The lowest BCUT2D eigenvalue weighted by atomic mass is 10.0. The summed E-state index contributed by atoms with van der Waals surface area (Å²) in [4.78, 5) is 36.1. The van der Waals surface area contributed by atoms with Gasteiger partial charge in [0.25, 0.3) is 5.91 Å². The number of amides is 4. The van der Waals surface area contributed by atoms with Crippen LogP contribution in [0, 0.1) is 0 Å². The zero-order chi connectivity index (χ0) is 13.5. The highest BCUT2D eigenvalue weighted by Gasteiger charge is 2.50. The Morgan fingerprint density at radius 3 is 2.72 bits per heavy atom. The molecule has 96 valence electrons. The SMILES string of the molecule is C[C@]1(c2ccc(Cl)s2)NC(=O)N(CC(N)=O)C1=O. The number of nitrogens with two attached hydrogens (primary N) is 1. The van der Waals surface area contributed by atoms with Gasteiger partial charge in [-0.3, -0.25) is 14.5 Å². The zero-order valence-electron chi connectivity index (χ0n) is 9.40. The molecule has 2 heterocycles. The maximum absolute atomic E-state index is 12.2. The third kappa shape index (κ3) is 1.95. The Labute approximate surface area is 112 Å². The molecule has 0 bridgehead atoms. The predicted molar refractivity (Wildman–Crippen MR) is 66.1 cm³/mol. The Bertz CT molecular complexity index is 544. The largest absolute Gasteiger partial charge is 0.368 e. The van der Waals surface area contributed by atoms with Gasteiger partial charge in [-0.15, -0.1) is 11.3 Å². The van der Waals surface area contributed by atoms with Crippen molar-refractivity contribution in [2.24, 2.45) is 5.73 Å². The maximum atomic E-state index is 12.2. The smallest absolute Gasteiger partial charge is 0.325 e. The van der Waals surface area contributed by atoms with Gasteiger partial charge in [0.05, 0.1) is 4.34 Å². The summed E-state index contributed by atoms with van der Waals surface area (Å²) in [5, 5.41) is 2.55. The van der Waals surface area contributed by atoms with Gasteiger partial charge in [0.2, 0.25) is 5.91 Å². The lowest BCUT2D eigenvalue weighted by Gasteiger charge is -2.19. The summed E-state index contributed by atoms with van der Waals surface area (Å²) in [6.07, 6.45) is 0. The molecule has 1 saturated heterocycles. The molecule has 0 radical (unpaired) electrons. The van der Waals surface area contributed by atoms with Crippen molar-refractivity contribution in [3.8, 4) is 0 Å². The van der Waals surface area contributed by atoms with E-state index in [9.17, 15) is 14.4 Å². The van der Waals surface area contributed by atoms with E-state index in [1.165, 1.54) is 11.3 Å². The number of halogens is 1. The minimum absolute atomic E-state index is 0.431. The summed E-state index contributed by atoms with van der Waals surface area (Å²) in [5.74, 6) is -1.25. The van der Waals surface area contributed by atoms with Gasteiger partial charge in [0.1, 0.15) is 6.54 Å². The standard InChI is InChI=1S/C10H10ClN3O3S/c1-10(5-2-3-6(11)18-5)8(16)14(4-7(12)15)9(17)13-10/h2-3H,4H2,1H3,(H2,12,15)(H,13,17)/t10-/m1/s1. The lowest BCUT2D eigenvalue weighted by molar-refractivity contribution is -0.134. The molecular weight excluding hydrogens is 278 g/mol. The number of carbonyl (C=O) groups is 3. The Hall–Kier alpha value is -1.60. The molecule has 0 aliphatic carbocycles. The Kier molecular flexibility index (Phi) is 3.04. The second-order valence-corrected chi connectivity index (χ2v) is 5.73. The second-order valence-electron chi connectivity index (χ2n) is 4.02. The van der Waals surface area contributed by atoms with Crippen LogP contribution in [-0.4, -0.2) is 29.3 Å². The number of thiophene rings is 1. The van der Waals surface area contributed by atoms with Crippen LogP contribution in [0.15, 0.2) is 12.1 Å². The minimum atomic E-state index is -1.19. The number of urea groups is 1. The molecule has 1 fully saturated rings. The third-order valence-corrected chi connectivity index (χ3v) is 4.11. The average molecular weight is 288 g/mol. The molecule has 0 aromatic carbocycles. The summed E-state index contributed by atoms with van der Waals surface area (Å²) in [6.45, 7) is 1.13. The van der Waals surface area contributed by atoms with Crippen molar-refractivity contribution in [3.63, 3.8) is 0 Å². The van der Waals surface area contributed by atoms with Crippen LogP contribution in [0.5, 0.6) is 0 Å². The van der Waals surface area contributed by atoms with Crippen LogP contribution in [0.4, 0.5) is 4.79 Å². The molecule has 18 heavy (non-hydrogen) atoms. The molecule has 1 atom stereocenters. The number of imide groups is 1. The molecule has 6 nitrogen and oxygen atoms in total. The summed E-state index contributed by atoms with van der Waals surface area (Å²) in [6, 6.07) is 2.67. The Morgan fingerprint density at radius 2 is 2.22 bits per heavy atom. The van der Waals surface area contributed by atoms with Crippen LogP contribution in [0.3, 0.4) is 0 Å². The van der Waals surface area contributed by atoms with E-state index in [-0.39, 0.29) is 0 Å². The highest BCUT2D eigenvalue weighted by molar-refractivity contribution is 7.16. The van der Waals surface area contributed by atoms with Crippen molar-refractivity contribution in [2.75, 3.05) is 6.54 Å². The molecule has 0 spiro atoms. The minimum Gasteiger partial charge on any atom is -0.368 e. The number of hydrogen-bond donors (Lipinski definition) is 2. The van der Waals surface area contributed by atoms with Crippen molar-refractivity contribution in [1.29, 1.82) is 0 Å². The first kappa shape index (κ1) is 12.8. The van der Waals surface area contributed by atoms with Gasteiger partial charge in [-0.2, -0.15) is 0 Å². The molecule has 1 aliphatic heterocycles. The summed E-state index contributed by atoms with van der Waals surface area (Å²) >= 11 is 7.01. The first-order valence-electron chi connectivity index (χ1n) is 5.03. The van der Waals surface area contributed by atoms with E-state index < -0.39 is 29.9 Å². The molecule has 4 amide bonds. The number of nitrogens with one attached hydrogen (secondary N) is 1. The first-order chi connectivity index (χ1) is 8.34. The number of rotatable bonds is 3. The Balaban J connectivity index is 2.34. The van der Waals surface area contributed by atoms with Gasteiger partial charge in [-0.1, -0.05) is 11.6 Å². The summed E-state index contributed by atoms with van der Waals surface area (Å²) < 4.78 is 0.515. The fourth-order valence-electron chi connectivity index (χ4n) is 1.75. The van der Waals surface area contributed by atoms with Crippen LogP contribution >= 0.6 is 22.9 Å². The molecule has 1 aromatic rings. The number of primary amides is 1. The van der Waals surface area contributed by atoms with Gasteiger partial charge < -0.3 is 11.1 Å². The number of carbonyl (C=O) groups excluding carboxylic acids is 3. The second kappa shape index (κ2) is 4.25. The van der Waals surface area contributed by atoms with E-state index in [4.69, 9.17) is 17.3 Å². The monoisotopic (exact) mass is 287 g/mol. The maximum Gasteiger partial charge on any atom is 0.325 e. The molecule has 2 rings (SSSR count). The van der Waals surface area contributed by atoms with Crippen molar-refractivity contribution < 1.29 is 14.4 Å². The van der Waals surface area contributed by atoms with Crippen LogP contribution in [-0.2, 0) is 15.1 Å². The molecule has 1 aromatic heterocycles. The molecular formula is C10H10ClN3O3S. The number of hydrogen-bond acceptors (Lipinski definition) is 4. The highest BCUT2D eigenvalue weighted by Crippen LogP contribution is 2.35. The van der Waals surface area contributed by atoms with Gasteiger partial charge in [0.15, 0.2) is 5.54 Å². The molecule has 1 aliphatic rings. The fourth-order valence-corrected chi connectivity index (χ4v) is 2.88. The third-order valence-electron chi connectivity index (χ3n) is 2.65. The van der Waals surface area contributed by atoms with Crippen molar-refractivity contribution in [3.05, 3.63) is 21.3 Å². The molecule has 0 unspecified atom stereocenters. The van der Waals surface area contributed by atoms with Crippen molar-refractivity contribution in [2.45, 2.75) is 12.5 Å². The zero-order valence-corrected chi connectivity index (χ0v) is 11.0. The van der Waals surface area contributed by atoms with Crippen molar-refractivity contribution >= 4 is 40.8 Å². The van der Waals surface area contributed by atoms with Crippen LogP contribution < -0.4 is 11.1 Å². The van der Waals surface area contributed by atoms with E-state index in [2.05, 4.69) is 5.32 Å². The summed E-state index contributed by atoms with van der Waals surface area (Å²) in [5.41, 5.74) is 3.81. The topological polar surface area (TPSA) is 92.5 Å². The summed E-state index contributed by atoms with van der Waals surface area (Å²) in [7, 11) is 0. The van der Waals surface area contributed by atoms with E-state index >= 15 is 0 Å².